The summed E-state index contributed by atoms with van der Waals surface area (Å²) in [6.07, 6.45) is 14.0. The van der Waals surface area contributed by atoms with Crippen LogP contribution in [-0.2, 0) is 0 Å². The van der Waals surface area contributed by atoms with E-state index in [1.807, 2.05) is 25.2 Å². The second kappa shape index (κ2) is 21.1. The number of hydrogen-bond acceptors (Lipinski definition) is 1. The number of para-hydroxylation sites is 2. The Hall–Kier alpha value is -11.2. The summed E-state index contributed by atoms with van der Waals surface area (Å²) in [5.41, 5.74) is 26.9. The van der Waals surface area contributed by atoms with Crippen LogP contribution in [0.4, 0.5) is 0 Å². The number of allylic oxidation sites excluding steroid dienone is 5. The molecule has 0 N–H and O–H groups in total. The molecule has 84 heavy (non-hydrogen) atoms. The maximum absolute atomic E-state index is 6.70. The number of fused-ring (bicyclic) bond motifs is 11. The van der Waals surface area contributed by atoms with Gasteiger partial charge in [0.15, 0.2) is 0 Å². The second-order valence-electron chi connectivity index (χ2n) is 21.4. The molecule has 4 heteroatoms. The lowest BCUT2D eigenvalue weighted by Crippen LogP contribution is -2.04. The normalized spacial score (nSPS) is 12.0. The lowest BCUT2D eigenvalue weighted by Gasteiger charge is -2.15. The highest BCUT2D eigenvalue weighted by molar-refractivity contribution is 6.16. The van der Waals surface area contributed by atoms with Gasteiger partial charge in [-0.2, -0.15) is 0 Å². The van der Waals surface area contributed by atoms with Gasteiger partial charge in [-0.15, -0.1) is 5.73 Å². The summed E-state index contributed by atoms with van der Waals surface area (Å²) < 4.78 is 14.0. The average Bonchev–Trinajstić information content (AvgIpc) is 1.87. The largest absolute Gasteiger partial charge is 0.456 e. The first-order chi connectivity index (χ1) is 41.6. The van der Waals surface area contributed by atoms with E-state index in [1.54, 1.807) is 6.08 Å². The molecule has 0 radical (unpaired) electrons. The molecule has 15 aromatic rings. The van der Waals surface area contributed by atoms with Gasteiger partial charge in [0, 0.05) is 54.9 Å². The first kappa shape index (κ1) is 49.8. The zero-order chi connectivity index (χ0) is 56.1. The van der Waals surface area contributed by atoms with Crippen molar-refractivity contribution >= 4 is 77.8 Å². The van der Waals surface area contributed by atoms with Crippen LogP contribution in [-0.4, -0.2) is 13.7 Å². The van der Waals surface area contributed by atoms with Crippen LogP contribution in [0.25, 0.3) is 151 Å². The summed E-state index contributed by atoms with van der Waals surface area (Å²) in [6.45, 7) is 5.42. The van der Waals surface area contributed by atoms with Gasteiger partial charge in [-0.3, -0.25) is 9.13 Å². The molecule has 1 aliphatic rings. The van der Waals surface area contributed by atoms with Gasteiger partial charge < -0.3 is 8.98 Å². The SMILES string of the molecule is C1=CC=Cc2c(c3c4ccc(-n5c6ccccc6c6ccc(-c7ccccc7)cc65)cc4n(-c4ccc5oc6ccc(-c7cccc(-c8cccc(-c9cccc(-c%10ccccc%10)c9)c8)c7)cc6c5c4)c3n2-c2ccccc2)C=1.C=C/C=C\C. The Balaban J connectivity index is 0.00000115. The molecule has 1 aliphatic carbocycles. The van der Waals surface area contributed by atoms with E-state index in [4.69, 9.17) is 4.42 Å². The van der Waals surface area contributed by atoms with E-state index in [2.05, 4.69) is 305 Å². The molecule has 0 aliphatic heterocycles. The lowest BCUT2D eigenvalue weighted by molar-refractivity contribution is 0.669. The van der Waals surface area contributed by atoms with Crippen molar-refractivity contribution in [3.05, 3.63) is 315 Å². The van der Waals surface area contributed by atoms with Crippen molar-refractivity contribution in [3.8, 4) is 72.7 Å². The van der Waals surface area contributed by atoms with Crippen LogP contribution in [0.2, 0.25) is 0 Å². The van der Waals surface area contributed by atoms with Crippen molar-refractivity contribution < 1.29 is 4.42 Å². The van der Waals surface area contributed by atoms with Crippen LogP contribution in [0.15, 0.2) is 308 Å². The van der Waals surface area contributed by atoms with Gasteiger partial charge in [-0.25, -0.2) is 0 Å². The maximum Gasteiger partial charge on any atom is 0.135 e. The monoisotopic (exact) mass is 1070 g/mol. The van der Waals surface area contributed by atoms with E-state index in [1.165, 1.54) is 60.7 Å². The van der Waals surface area contributed by atoms with Gasteiger partial charge >= 0.3 is 0 Å². The zero-order valence-electron chi connectivity index (χ0n) is 46.3. The molecule has 4 aromatic heterocycles. The van der Waals surface area contributed by atoms with Crippen molar-refractivity contribution in [1.82, 2.24) is 13.7 Å². The van der Waals surface area contributed by atoms with E-state index in [0.717, 1.165) is 89.0 Å². The fourth-order valence-electron chi connectivity index (χ4n) is 12.5. The third-order valence-corrected chi connectivity index (χ3v) is 16.4. The maximum atomic E-state index is 6.70. The van der Waals surface area contributed by atoms with Crippen molar-refractivity contribution in [2.45, 2.75) is 6.92 Å². The smallest absolute Gasteiger partial charge is 0.135 e. The molecule has 0 amide bonds. The molecular formula is C80H55N3O. The summed E-state index contributed by atoms with van der Waals surface area (Å²) in [5, 5.41) is 6.90. The Kier molecular flexibility index (Phi) is 12.5. The highest BCUT2D eigenvalue weighted by Gasteiger charge is 2.26. The standard InChI is InChI=1S/C75H47N3O.C5H8/c1-5-18-49(19-6-1)51-22-15-23-52(42-51)53-24-16-25-54(43-53)55-26-17-27-56(44-55)57-35-40-72-66(45-57)67-47-60(37-41-73(67)79-72)78-71-48-61(76-68-33-14-13-30-62(68)63-38-34-58(46-70(63)76)50-20-7-2-8-21-50)36-39-65(71)74-64-31-11-4-12-32-69(64)77(75(74)78)59-28-9-3-10-29-59;1-3-5-4-2/h1-10,12-48H;3-5H,1H2,2H3/b;5-4-. The molecule has 396 valence electrons. The number of rotatable bonds is 9. The molecule has 11 aromatic carbocycles. The fraction of sp³-hybridized carbons (Fsp3) is 0.0125. The summed E-state index contributed by atoms with van der Waals surface area (Å²) >= 11 is 0. The number of aromatic nitrogens is 3. The molecule has 0 unspecified atom stereocenters. The first-order valence-corrected chi connectivity index (χ1v) is 28.6. The molecule has 0 bridgehead atoms. The van der Waals surface area contributed by atoms with Crippen LogP contribution in [0.3, 0.4) is 0 Å². The third-order valence-electron chi connectivity index (χ3n) is 16.4. The molecule has 4 nitrogen and oxygen atoms in total. The number of furan rings is 1. The van der Waals surface area contributed by atoms with Gasteiger partial charge in [-0.1, -0.05) is 207 Å². The van der Waals surface area contributed by atoms with Crippen LogP contribution < -0.4 is 0 Å². The molecule has 0 spiro atoms. The second-order valence-corrected chi connectivity index (χ2v) is 21.4. The molecule has 0 saturated carbocycles. The van der Waals surface area contributed by atoms with Gasteiger partial charge in [0.05, 0.1) is 22.2 Å². The minimum atomic E-state index is 0.843. The van der Waals surface area contributed by atoms with Crippen LogP contribution >= 0.6 is 0 Å². The zero-order valence-corrected chi connectivity index (χ0v) is 46.3. The van der Waals surface area contributed by atoms with Gasteiger partial charge in [0.2, 0.25) is 0 Å². The first-order valence-electron chi connectivity index (χ1n) is 28.6. The molecule has 0 saturated heterocycles. The van der Waals surface area contributed by atoms with E-state index in [-0.39, 0.29) is 0 Å². The topological polar surface area (TPSA) is 27.9 Å². The minimum absolute atomic E-state index is 0.843. The fourth-order valence-corrected chi connectivity index (χ4v) is 12.5. The van der Waals surface area contributed by atoms with Crippen LogP contribution in [0, 0.1) is 0 Å². The van der Waals surface area contributed by atoms with Crippen molar-refractivity contribution in [2.24, 2.45) is 0 Å². The third kappa shape index (κ3) is 8.65. The summed E-state index contributed by atoms with van der Waals surface area (Å²) in [7, 11) is 0. The Morgan fingerprint density at radius 3 is 1.52 bits per heavy atom. The highest BCUT2D eigenvalue weighted by Crippen LogP contribution is 2.45. The number of hydrogen-bond donors (Lipinski definition) is 0. The van der Waals surface area contributed by atoms with Crippen molar-refractivity contribution in [2.75, 3.05) is 0 Å². The number of nitrogens with zero attached hydrogens (tertiary/aromatic N) is 3. The van der Waals surface area contributed by atoms with Gasteiger partial charge in [-0.05, 0) is 166 Å². The Labute approximate surface area is 487 Å². The molecule has 0 fully saturated rings. The van der Waals surface area contributed by atoms with E-state index in [9.17, 15) is 0 Å². The average molecular weight is 1070 g/mol. The van der Waals surface area contributed by atoms with E-state index < -0.39 is 0 Å². The highest BCUT2D eigenvalue weighted by atomic mass is 16.3. The Bertz CT molecular complexity index is 5190. The number of benzene rings is 11. The minimum Gasteiger partial charge on any atom is -0.456 e. The van der Waals surface area contributed by atoms with Crippen molar-refractivity contribution in [1.29, 1.82) is 0 Å². The predicted molar refractivity (Wildman–Crippen MR) is 355 cm³/mol. The molecular weight excluding hydrogens is 1020 g/mol. The summed E-state index contributed by atoms with van der Waals surface area (Å²) in [4.78, 5) is 0. The van der Waals surface area contributed by atoms with Crippen LogP contribution in [0.5, 0.6) is 0 Å². The van der Waals surface area contributed by atoms with Gasteiger partial charge in [0.1, 0.15) is 16.8 Å². The van der Waals surface area contributed by atoms with Gasteiger partial charge in [0.25, 0.3) is 0 Å². The molecule has 4 heterocycles. The molecule has 0 atom stereocenters. The van der Waals surface area contributed by atoms with Crippen LogP contribution in [0.1, 0.15) is 18.2 Å². The van der Waals surface area contributed by atoms with E-state index >= 15 is 0 Å². The summed E-state index contributed by atoms with van der Waals surface area (Å²) in [5.74, 6) is 0. The summed E-state index contributed by atoms with van der Waals surface area (Å²) in [6, 6.07) is 94.7. The Morgan fingerprint density at radius 2 is 0.881 bits per heavy atom. The molecule has 16 rings (SSSR count). The predicted octanol–water partition coefficient (Wildman–Crippen LogP) is 21.8. The van der Waals surface area contributed by atoms with Crippen molar-refractivity contribution in [3.63, 3.8) is 0 Å². The van der Waals surface area contributed by atoms with E-state index in [0.29, 0.717) is 0 Å². The quantitative estimate of drug-likeness (QED) is 0.105. The lowest BCUT2D eigenvalue weighted by atomic mass is 9.94. The Morgan fingerprint density at radius 1 is 0.381 bits per heavy atom.